The highest BCUT2D eigenvalue weighted by molar-refractivity contribution is 5.91. The van der Waals surface area contributed by atoms with Crippen molar-refractivity contribution < 1.29 is 13.9 Å². The second kappa shape index (κ2) is 8.40. The summed E-state index contributed by atoms with van der Waals surface area (Å²) in [6.45, 7) is 3.10. The normalized spacial score (nSPS) is 10.6. The Morgan fingerprint density at radius 2 is 2.00 bits per heavy atom. The van der Waals surface area contributed by atoms with Gasteiger partial charge in [-0.2, -0.15) is 0 Å². The maximum absolute atomic E-state index is 12.5. The Morgan fingerprint density at radius 3 is 2.78 bits per heavy atom. The van der Waals surface area contributed by atoms with Crippen LogP contribution in [-0.2, 0) is 6.54 Å². The van der Waals surface area contributed by atoms with Crippen LogP contribution in [0.1, 0.15) is 21.9 Å². The van der Waals surface area contributed by atoms with Crippen LogP contribution in [0.3, 0.4) is 0 Å². The number of furan rings is 1. The number of hydrogen-bond acceptors (Lipinski definition) is 4. The molecule has 0 bridgehead atoms. The zero-order chi connectivity index (χ0) is 19.2. The van der Waals surface area contributed by atoms with Gasteiger partial charge in [-0.15, -0.1) is 0 Å². The molecule has 1 amide bonds. The number of aryl methyl sites for hydroxylation is 1. The molecule has 0 unspecified atom stereocenters. The van der Waals surface area contributed by atoms with Crippen LogP contribution in [0.25, 0.3) is 0 Å². The van der Waals surface area contributed by atoms with Gasteiger partial charge in [0.2, 0.25) is 0 Å². The topological polar surface area (TPSA) is 64.7 Å². The molecule has 0 atom stereocenters. The smallest absolute Gasteiger partial charge is 0.289 e. The highest BCUT2D eigenvalue weighted by atomic mass is 16.5. The summed E-state index contributed by atoms with van der Waals surface area (Å²) in [5.41, 5.74) is 1.00. The molecule has 0 aliphatic heterocycles. The van der Waals surface area contributed by atoms with Crippen molar-refractivity contribution in [2.24, 2.45) is 0 Å². The summed E-state index contributed by atoms with van der Waals surface area (Å²) in [6.07, 6.45) is 1.68. The van der Waals surface area contributed by atoms with Crippen molar-refractivity contribution in [3.05, 3.63) is 88.2 Å². The maximum atomic E-state index is 12.5. The van der Waals surface area contributed by atoms with Gasteiger partial charge < -0.3 is 18.6 Å². The van der Waals surface area contributed by atoms with E-state index in [9.17, 15) is 9.59 Å². The molecule has 2 heterocycles. The minimum absolute atomic E-state index is 0.118. The van der Waals surface area contributed by atoms with E-state index >= 15 is 0 Å². The molecule has 6 heteroatoms. The Bertz CT molecular complexity index is 974. The first kappa shape index (κ1) is 18.5. The lowest BCUT2D eigenvalue weighted by Gasteiger charge is -2.16. The van der Waals surface area contributed by atoms with E-state index in [2.05, 4.69) is 0 Å². The predicted molar refractivity (Wildman–Crippen MR) is 102 cm³/mol. The van der Waals surface area contributed by atoms with Crippen molar-refractivity contribution in [2.75, 3.05) is 20.2 Å². The van der Waals surface area contributed by atoms with Crippen molar-refractivity contribution in [3.63, 3.8) is 0 Å². The van der Waals surface area contributed by atoms with Crippen molar-refractivity contribution in [1.29, 1.82) is 0 Å². The Balaban J connectivity index is 1.55. The highest BCUT2D eigenvalue weighted by Gasteiger charge is 2.16. The van der Waals surface area contributed by atoms with Crippen molar-refractivity contribution in [1.82, 2.24) is 9.47 Å². The minimum atomic E-state index is -0.227. The van der Waals surface area contributed by atoms with Crippen molar-refractivity contribution in [2.45, 2.75) is 13.5 Å². The number of hydrogen-bond donors (Lipinski definition) is 0. The van der Waals surface area contributed by atoms with E-state index in [1.54, 1.807) is 42.4 Å². The standard InChI is InChI=1S/C21H22N2O4/c1-16-6-5-7-17(14-16)26-13-12-22(2)21(25)19-10-9-18(27-19)15-23-11-4-3-8-20(23)24/h3-11,14H,12-13,15H2,1-2H3. The number of nitrogens with zero attached hydrogens (tertiary/aromatic N) is 2. The van der Waals surface area contributed by atoms with E-state index in [0.717, 1.165) is 11.3 Å². The van der Waals surface area contributed by atoms with Gasteiger partial charge in [-0.05, 0) is 42.8 Å². The molecule has 1 aromatic carbocycles. The fourth-order valence-corrected chi connectivity index (χ4v) is 2.63. The van der Waals surface area contributed by atoms with Gasteiger partial charge in [-0.25, -0.2) is 0 Å². The molecule has 6 nitrogen and oxygen atoms in total. The van der Waals surface area contributed by atoms with E-state index in [0.29, 0.717) is 18.9 Å². The minimum Gasteiger partial charge on any atom is -0.492 e. The molecule has 0 N–H and O–H groups in total. The van der Waals surface area contributed by atoms with Gasteiger partial charge in [-0.3, -0.25) is 9.59 Å². The average molecular weight is 366 g/mol. The largest absolute Gasteiger partial charge is 0.492 e. The first-order chi connectivity index (χ1) is 13.0. The quantitative estimate of drug-likeness (QED) is 0.645. The van der Waals surface area contributed by atoms with Crippen LogP contribution in [0.15, 0.2) is 70.0 Å². The summed E-state index contributed by atoms with van der Waals surface area (Å²) in [5, 5.41) is 0. The van der Waals surface area contributed by atoms with Gasteiger partial charge in [0.25, 0.3) is 11.5 Å². The molecule has 0 aliphatic carbocycles. The van der Waals surface area contributed by atoms with Crippen LogP contribution in [0.5, 0.6) is 5.75 Å². The van der Waals surface area contributed by atoms with E-state index < -0.39 is 0 Å². The Hall–Kier alpha value is -3.28. The maximum Gasteiger partial charge on any atom is 0.289 e. The van der Waals surface area contributed by atoms with Crippen LogP contribution in [0.2, 0.25) is 0 Å². The Labute approximate surface area is 157 Å². The third kappa shape index (κ3) is 4.88. The fourth-order valence-electron chi connectivity index (χ4n) is 2.63. The van der Waals surface area contributed by atoms with Gasteiger partial charge in [0, 0.05) is 19.3 Å². The van der Waals surface area contributed by atoms with Gasteiger partial charge in [0.15, 0.2) is 5.76 Å². The number of pyridine rings is 1. The number of amides is 1. The molecular formula is C21H22N2O4. The lowest BCUT2D eigenvalue weighted by Crippen LogP contribution is -2.30. The number of aromatic nitrogens is 1. The van der Waals surface area contributed by atoms with Gasteiger partial charge in [0.1, 0.15) is 18.1 Å². The second-order valence-electron chi connectivity index (χ2n) is 6.32. The van der Waals surface area contributed by atoms with Gasteiger partial charge in [-0.1, -0.05) is 18.2 Å². The van der Waals surface area contributed by atoms with E-state index in [1.165, 1.54) is 10.6 Å². The molecule has 140 valence electrons. The number of benzene rings is 1. The molecule has 3 aromatic rings. The van der Waals surface area contributed by atoms with Crippen LogP contribution in [0, 0.1) is 6.92 Å². The summed E-state index contributed by atoms with van der Waals surface area (Å²) in [6, 6.07) is 16.1. The molecule has 0 aliphatic rings. The lowest BCUT2D eigenvalue weighted by atomic mass is 10.2. The Morgan fingerprint density at radius 1 is 1.15 bits per heavy atom. The number of carbonyl (C=O) groups excluding carboxylic acids is 1. The zero-order valence-corrected chi connectivity index (χ0v) is 15.4. The fraction of sp³-hybridized carbons (Fsp3) is 0.238. The molecule has 0 fully saturated rings. The molecule has 0 radical (unpaired) electrons. The second-order valence-corrected chi connectivity index (χ2v) is 6.32. The zero-order valence-electron chi connectivity index (χ0n) is 15.4. The van der Waals surface area contributed by atoms with Crippen LogP contribution < -0.4 is 10.3 Å². The third-order valence-electron chi connectivity index (χ3n) is 4.13. The first-order valence-corrected chi connectivity index (χ1v) is 8.72. The number of ether oxygens (including phenoxy) is 1. The Kier molecular flexibility index (Phi) is 5.76. The van der Waals surface area contributed by atoms with E-state index in [-0.39, 0.29) is 23.8 Å². The molecule has 3 rings (SSSR count). The summed E-state index contributed by atoms with van der Waals surface area (Å²) in [4.78, 5) is 25.8. The van der Waals surface area contributed by atoms with Crippen LogP contribution >= 0.6 is 0 Å². The highest BCUT2D eigenvalue weighted by Crippen LogP contribution is 2.13. The van der Waals surface area contributed by atoms with E-state index in [4.69, 9.17) is 9.15 Å². The van der Waals surface area contributed by atoms with Crippen molar-refractivity contribution in [3.8, 4) is 5.75 Å². The number of carbonyl (C=O) groups is 1. The van der Waals surface area contributed by atoms with Gasteiger partial charge in [0.05, 0.1) is 13.1 Å². The monoisotopic (exact) mass is 366 g/mol. The summed E-state index contributed by atoms with van der Waals surface area (Å²) in [5.74, 6) is 1.35. The SMILES string of the molecule is Cc1cccc(OCCN(C)C(=O)c2ccc(Cn3ccccc3=O)o2)c1. The molecule has 27 heavy (non-hydrogen) atoms. The first-order valence-electron chi connectivity index (χ1n) is 8.72. The molecule has 0 saturated heterocycles. The molecular weight excluding hydrogens is 344 g/mol. The summed E-state index contributed by atoms with van der Waals surface area (Å²) < 4.78 is 12.8. The van der Waals surface area contributed by atoms with Gasteiger partial charge >= 0.3 is 0 Å². The molecule has 0 spiro atoms. The van der Waals surface area contributed by atoms with Crippen molar-refractivity contribution >= 4 is 5.91 Å². The number of rotatable bonds is 7. The van der Waals surface area contributed by atoms with E-state index in [1.807, 2.05) is 31.2 Å². The molecule has 0 saturated carbocycles. The lowest BCUT2D eigenvalue weighted by molar-refractivity contribution is 0.0740. The summed E-state index contributed by atoms with van der Waals surface area (Å²) in [7, 11) is 1.70. The summed E-state index contributed by atoms with van der Waals surface area (Å²) >= 11 is 0. The number of likely N-dealkylation sites (N-methyl/N-ethyl adjacent to an activating group) is 1. The molecule has 2 aromatic heterocycles. The van der Waals surface area contributed by atoms with Crippen LogP contribution in [-0.4, -0.2) is 35.6 Å². The average Bonchev–Trinajstić information content (AvgIpc) is 3.11. The van der Waals surface area contributed by atoms with Crippen LogP contribution in [0.4, 0.5) is 0 Å². The third-order valence-corrected chi connectivity index (χ3v) is 4.13. The predicted octanol–water partition coefficient (Wildman–Crippen LogP) is 2.95.